The minimum atomic E-state index is 0.431. The number of allylic oxidation sites excluding steroid dienone is 2. The molecule has 0 aromatic heterocycles. The van der Waals surface area contributed by atoms with Gasteiger partial charge in [-0.1, -0.05) is 18.2 Å². The van der Waals surface area contributed by atoms with Gasteiger partial charge >= 0.3 is 0 Å². The smallest absolute Gasteiger partial charge is 0.109 e. The molecule has 2 aliphatic rings. The molecule has 0 bridgehead atoms. The lowest BCUT2D eigenvalue weighted by Gasteiger charge is -1.93. The van der Waals surface area contributed by atoms with Gasteiger partial charge in [0.15, 0.2) is 0 Å². The highest BCUT2D eigenvalue weighted by Crippen LogP contribution is 2.32. The fourth-order valence-electron chi connectivity index (χ4n) is 1.05. The van der Waals surface area contributed by atoms with Gasteiger partial charge < -0.3 is 4.74 Å². The van der Waals surface area contributed by atoms with Gasteiger partial charge in [0, 0.05) is 0 Å². The summed E-state index contributed by atoms with van der Waals surface area (Å²) >= 11 is 0. The van der Waals surface area contributed by atoms with Crippen LogP contribution in [0.2, 0.25) is 0 Å². The maximum Gasteiger partial charge on any atom is 0.109 e. The van der Waals surface area contributed by atoms with Gasteiger partial charge in [0.2, 0.25) is 0 Å². The Morgan fingerprint density at radius 1 is 1.62 bits per heavy atom. The zero-order chi connectivity index (χ0) is 5.56. The van der Waals surface area contributed by atoms with E-state index in [2.05, 4.69) is 25.2 Å². The van der Waals surface area contributed by atoms with E-state index in [-0.39, 0.29) is 0 Å². The van der Waals surface area contributed by atoms with Crippen LogP contribution in [0.15, 0.2) is 23.8 Å². The van der Waals surface area contributed by atoms with Crippen molar-refractivity contribution in [2.45, 2.75) is 19.1 Å². The molecule has 0 N–H and O–H groups in total. The normalized spacial score (nSPS) is 40.9. The number of rotatable bonds is 0. The third-order valence-electron chi connectivity index (χ3n) is 1.63. The van der Waals surface area contributed by atoms with Crippen LogP contribution in [0.5, 0.6) is 0 Å². The zero-order valence-electron chi connectivity index (χ0n) is 4.79. The molecule has 1 heterocycles. The van der Waals surface area contributed by atoms with Gasteiger partial charge in [-0.25, -0.2) is 0 Å². The number of epoxide rings is 1. The summed E-state index contributed by atoms with van der Waals surface area (Å²) in [4.78, 5) is 0. The molecule has 0 aromatic carbocycles. The van der Waals surface area contributed by atoms with Gasteiger partial charge in [-0.2, -0.15) is 0 Å². The average Bonchev–Trinajstić information content (AvgIpc) is 2.45. The van der Waals surface area contributed by atoms with Crippen molar-refractivity contribution in [3.8, 4) is 0 Å². The standard InChI is InChI=1S/C7H8O/c1-5-3-2-4-6-7(5)8-6/h2-4,6-7H,1H3/t6-,7+/m0/s1. The molecule has 0 unspecified atom stereocenters. The third-order valence-corrected chi connectivity index (χ3v) is 1.63. The molecule has 2 atom stereocenters. The molecule has 0 aromatic rings. The van der Waals surface area contributed by atoms with E-state index < -0.39 is 0 Å². The summed E-state index contributed by atoms with van der Waals surface area (Å²) in [6.45, 7) is 2.11. The number of hydrogen-bond donors (Lipinski definition) is 0. The summed E-state index contributed by atoms with van der Waals surface area (Å²) < 4.78 is 5.23. The summed E-state index contributed by atoms with van der Waals surface area (Å²) in [6.07, 6.45) is 7.13. The Morgan fingerprint density at radius 3 is 3.12 bits per heavy atom. The van der Waals surface area contributed by atoms with Gasteiger partial charge in [0.05, 0.1) is 0 Å². The second-order valence-corrected chi connectivity index (χ2v) is 2.32. The van der Waals surface area contributed by atoms with Crippen molar-refractivity contribution in [1.82, 2.24) is 0 Å². The lowest BCUT2D eigenvalue weighted by Crippen LogP contribution is -1.94. The Labute approximate surface area is 48.7 Å². The molecular formula is C7H8O. The molecule has 1 aliphatic carbocycles. The summed E-state index contributed by atoms with van der Waals surface area (Å²) in [5, 5.41) is 0. The first-order chi connectivity index (χ1) is 3.88. The average molecular weight is 108 g/mol. The van der Waals surface area contributed by atoms with Gasteiger partial charge in [-0.3, -0.25) is 0 Å². The van der Waals surface area contributed by atoms with Crippen LogP contribution < -0.4 is 0 Å². The maximum atomic E-state index is 5.23. The topological polar surface area (TPSA) is 12.5 Å². The van der Waals surface area contributed by atoms with Crippen molar-refractivity contribution >= 4 is 0 Å². The van der Waals surface area contributed by atoms with Gasteiger partial charge in [-0.15, -0.1) is 0 Å². The van der Waals surface area contributed by atoms with E-state index in [9.17, 15) is 0 Å². The van der Waals surface area contributed by atoms with E-state index in [0.717, 1.165) is 0 Å². The molecule has 0 radical (unpaired) electrons. The second kappa shape index (κ2) is 1.23. The maximum absolute atomic E-state index is 5.23. The molecule has 8 heavy (non-hydrogen) atoms. The predicted molar refractivity (Wildman–Crippen MR) is 31.6 cm³/mol. The molecule has 42 valence electrons. The largest absolute Gasteiger partial charge is 0.360 e. The van der Waals surface area contributed by atoms with Crippen molar-refractivity contribution in [1.29, 1.82) is 0 Å². The van der Waals surface area contributed by atoms with E-state index in [1.54, 1.807) is 0 Å². The lowest BCUT2D eigenvalue weighted by atomic mass is 10.1. The summed E-state index contributed by atoms with van der Waals surface area (Å²) in [5.41, 5.74) is 1.36. The Morgan fingerprint density at radius 2 is 2.50 bits per heavy atom. The molecule has 1 fully saturated rings. The molecule has 0 amide bonds. The lowest BCUT2D eigenvalue weighted by molar-refractivity contribution is 0.408. The predicted octanol–water partition coefficient (Wildman–Crippen LogP) is 1.27. The molecule has 1 saturated heterocycles. The fourth-order valence-corrected chi connectivity index (χ4v) is 1.05. The van der Waals surface area contributed by atoms with Crippen molar-refractivity contribution in [2.24, 2.45) is 0 Å². The summed E-state index contributed by atoms with van der Waals surface area (Å²) in [6, 6.07) is 0. The SMILES string of the molecule is CC1=CC=C[C@@H]2O[C@H]12. The zero-order valence-corrected chi connectivity index (χ0v) is 4.79. The quantitative estimate of drug-likeness (QED) is 0.426. The van der Waals surface area contributed by atoms with Crippen molar-refractivity contribution in [3.05, 3.63) is 23.8 Å². The summed E-state index contributed by atoms with van der Waals surface area (Å²) in [5.74, 6) is 0. The Balaban J connectivity index is 2.30. The Hall–Kier alpha value is -0.560. The molecular weight excluding hydrogens is 100 g/mol. The first-order valence-corrected chi connectivity index (χ1v) is 2.88. The molecule has 0 spiro atoms. The third kappa shape index (κ3) is 0.450. The first-order valence-electron chi connectivity index (χ1n) is 2.88. The van der Waals surface area contributed by atoms with Crippen LogP contribution in [0.1, 0.15) is 6.92 Å². The highest BCUT2D eigenvalue weighted by Gasteiger charge is 2.38. The van der Waals surface area contributed by atoms with Crippen LogP contribution in [0.4, 0.5) is 0 Å². The monoisotopic (exact) mass is 108 g/mol. The van der Waals surface area contributed by atoms with E-state index in [1.165, 1.54) is 5.57 Å². The van der Waals surface area contributed by atoms with Crippen LogP contribution in [-0.2, 0) is 4.74 Å². The molecule has 1 heteroatoms. The van der Waals surface area contributed by atoms with Crippen LogP contribution in [0.3, 0.4) is 0 Å². The van der Waals surface area contributed by atoms with Crippen LogP contribution in [0.25, 0.3) is 0 Å². The van der Waals surface area contributed by atoms with Crippen molar-refractivity contribution in [2.75, 3.05) is 0 Å². The highest BCUT2D eigenvalue weighted by molar-refractivity contribution is 5.29. The Kier molecular flexibility index (Phi) is 0.667. The first kappa shape index (κ1) is 4.33. The molecule has 0 saturated carbocycles. The molecule has 1 nitrogen and oxygen atoms in total. The van der Waals surface area contributed by atoms with Crippen LogP contribution in [0, 0.1) is 0 Å². The van der Waals surface area contributed by atoms with Crippen LogP contribution >= 0.6 is 0 Å². The minimum Gasteiger partial charge on any atom is -0.360 e. The van der Waals surface area contributed by atoms with E-state index in [1.807, 2.05) is 0 Å². The minimum absolute atomic E-state index is 0.431. The van der Waals surface area contributed by atoms with E-state index in [0.29, 0.717) is 12.2 Å². The van der Waals surface area contributed by atoms with Gasteiger partial charge in [-0.05, 0) is 12.5 Å². The Bertz CT molecular complexity index is 167. The van der Waals surface area contributed by atoms with E-state index in [4.69, 9.17) is 4.74 Å². The highest BCUT2D eigenvalue weighted by atomic mass is 16.6. The van der Waals surface area contributed by atoms with Crippen molar-refractivity contribution in [3.63, 3.8) is 0 Å². The fraction of sp³-hybridized carbons (Fsp3) is 0.429. The summed E-state index contributed by atoms with van der Waals surface area (Å²) in [7, 11) is 0. The van der Waals surface area contributed by atoms with Crippen molar-refractivity contribution < 1.29 is 4.74 Å². The number of fused-ring (bicyclic) bond motifs is 1. The van der Waals surface area contributed by atoms with Crippen LogP contribution in [-0.4, -0.2) is 12.2 Å². The van der Waals surface area contributed by atoms with E-state index >= 15 is 0 Å². The number of ether oxygens (including phenoxy) is 1. The van der Waals surface area contributed by atoms with Gasteiger partial charge in [0.1, 0.15) is 12.2 Å². The van der Waals surface area contributed by atoms with Gasteiger partial charge in [0.25, 0.3) is 0 Å². The number of hydrogen-bond acceptors (Lipinski definition) is 1. The molecule has 1 aliphatic heterocycles. The second-order valence-electron chi connectivity index (χ2n) is 2.32. The molecule has 2 rings (SSSR count).